The summed E-state index contributed by atoms with van der Waals surface area (Å²) in [4.78, 5) is 0. The summed E-state index contributed by atoms with van der Waals surface area (Å²) in [5.41, 5.74) is -0.217. The van der Waals surface area contributed by atoms with Crippen LogP contribution in [0.25, 0.3) is 0 Å². The Kier molecular flexibility index (Phi) is 3.05. The van der Waals surface area contributed by atoms with Gasteiger partial charge < -0.3 is 0 Å². The van der Waals surface area contributed by atoms with E-state index in [1.165, 1.54) is 13.1 Å². The molecule has 0 saturated heterocycles. The zero-order valence-corrected chi connectivity index (χ0v) is 9.34. The van der Waals surface area contributed by atoms with E-state index in [-0.39, 0.29) is 5.41 Å². The van der Waals surface area contributed by atoms with Crippen LogP contribution in [0.15, 0.2) is 0 Å². The van der Waals surface area contributed by atoms with Gasteiger partial charge in [0.1, 0.15) is 0 Å². The largest absolute Gasteiger partial charge is 0.361 e. The molecule has 0 rings (SSSR count). The average molecular weight is 198 g/mol. The Morgan fingerprint density at radius 3 is 1.42 bits per heavy atom. The fourth-order valence-electron chi connectivity index (χ4n) is 1.43. The van der Waals surface area contributed by atoms with E-state index in [0.717, 1.165) is 0 Å². The first-order chi connectivity index (χ1) is 4.96. The summed E-state index contributed by atoms with van der Waals surface area (Å²) in [6.45, 7) is 8.34. The van der Waals surface area contributed by atoms with Crippen LogP contribution in [0.4, 0.5) is 13.2 Å². The van der Waals surface area contributed by atoms with Crippen molar-refractivity contribution in [2.24, 2.45) is 5.41 Å². The van der Waals surface area contributed by atoms with Gasteiger partial charge in [-0.05, 0) is 11.5 Å². The van der Waals surface area contributed by atoms with Crippen LogP contribution in [0, 0.1) is 5.41 Å². The molecule has 0 amide bonds. The van der Waals surface area contributed by atoms with Crippen molar-refractivity contribution >= 4 is 8.07 Å². The summed E-state index contributed by atoms with van der Waals surface area (Å²) >= 11 is 0. The van der Waals surface area contributed by atoms with Crippen molar-refractivity contribution in [3.05, 3.63) is 0 Å². The summed E-state index contributed by atoms with van der Waals surface area (Å²) in [6.07, 6.45) is 0. The molecule has 0 aromatic carbocycles. The van der Waals surface area contributed by atoms with Crippen LogP contribution in [0.1, 0.15) is 20.8 Å². The Hall–Kier alpha value is 0.00688. The molecule has 12 heavy (non-hydrogen) atoms. The Bertz CT molecular complexity index is 153. The predicted molar refractivity (Wildman–Crippen MR) is 47.8 cm³/mol. The lowest BCUT2D eigenvalue weighted by Crippen LogP contribution is -2.46. The Morgan fingerprint density at radius 2 is 1.33 bits per heavy atom. The van der Waals surface area contributed by atoms with Gasteiger partial charge in [-0.3, -0.25) is 0 Å². The highest BCUT2D eigenvalue weighted by atomic mass is 28.3. The van der Waals surface area contributed by atoms with Gasteiger partial charge in [-0.1, -0.05) is 33.9 Å². The summed E-state index contributed by atoms with van der Waals surface area (Å²) in [7, 11) is -3.04. The molecule has 0 bridgehead atoms. The van der Waals surface area contributed by atoms with E-state index in [2.05, 4.69) is 0 Å². The lowest BCUT2D eigenvalue weighted by molar-refractivity contribution is -0.0572. The zero-order valence-electron chi connectivity index (χ0n) is 8.34. The SMILES string of the molecule is CC(C)(C)C[Si](C)(C)C(F)(F)F. The molecule has 0 spiro atoms. The minimum Gasteiger partial charge on any atom is -0.177 e. The maximum atomic E-state index is 12.4. The van der Waals surface area contributed by atoms with Gasteiger partial charge in [0.05, 0.1) is 0 Å². The highest BCUT2D eigenvalue weighted by Gasteiger charge is 2.50. The smallest absolute Gasteiger partial charge is 0.177 e. The first-order valence-electron chi connectivity index (χ1n) is 4.02. The summed E-state index contributed by atoms with van der Waals surface area (Å²) < 4.78 is 37.3. The van der Waals surface area contributed by atoms with Crippen molar-refractivity contribution in [2.45, 2.75) is 45.7 Å². The van der Waals surface area contributed by atoms with E-state index in [9.17, 15) is 13.2 Å². The molecule has 0 aliphatic rings. The molecular formula is C8H17F3Si. The number of alkyl halides is 3. The van der Waals surface area contributed by atoms with Crippen LogP contribution in [-0.4, -0.2) is 13.9 Å². The van der Waals surface area contributed by atoms with Crippen LogP contribution in [0.2, 0.25) is 19.1 Å². The Balaban J connectivity index is 4.44. The van der Waals surface area contributed by atoms with Gasteiger partial charge in [0.2, 0.25) is 0 Å². The molecule has 0 heterocycles. The first-order valence-corrected chi connectivity index (χ1v) is 7.23. The third-order valence-corrected chi connectivity index (χ3v) is 5.22. The Morgan fingerprint density at radius 1 is 1.00 bits per heavy atom. The number of rotatable bonds is 1. The highest BCUT2D eigenvalue weighted by Crippen LogP contribution is 2.38. The molecule has 4 heteroatoms. The lowest BCUT2D eigenvalue weighted by Gasteiger charge is -2.32. The molecule has 0 fully saturated rings. The maximum Gasteiger partial charge on any atom is 0.361 e. The average Bonchev–Trinajstić information content (AvgIpc) is 1.52. The van der Waals surface area contributed by atoms with Gasteiger partial charge >= 0.3 is 5.80 Å². The molecule has 0 unspecified atom stereocenters. The van der Waals surface area contributed by atoms with E-state index in [1.54, 1.807) is 0 Å². The van der Waals surface area contributed by atoms with Crippen molar-refractivity contribution in [3.63, 3.8) is 0 Å². The van der Waals surface area contributed by atoms with Crippen molar-refractivity contribution < 1.29 is 13.2 Å². The molecule has 74 valence electrons. The van der Waals surface area contributed by atoms with Crippen LogP contribution in [-0.2, 0) is 0 Å². The molecule has 0 atom stereocenters. The third kappa shape index (κ3) is 3.60. The van der Waals surface area contributed by atoms with E-state index < -0.39 is 13.9 Å². The van der Waals surface area contributed by atoms with Gasteiger partial charge in [-0.2, -0.15) is 13.2 Å². The minimum atomic E-state index is -3.96. The van der Waals surface area contributed by atoms with Crippen molar-refractivity contribution in [3.8, 4) is 0 Å². The summed E-state index contributed by atoms with van der Waals surface area (Å²) in [6, 6.07) is 0.295. The monoisotopic (exact) mass is 198 g/mol. The molecule has 0 aliphatic carbocycles. The molecule has 0 aromatic rings. The first kappa shape index (κ1) is 12.0. The molecule has 0 nitrogen and oxygen atoms in total. The summed E-state index contributed by atoms with van der Waals surface area (Å²) in [5, 5.41) is 0. The standard InChI is InChI=1S/C8H17F3Si/c1-7(2,3)6-12(4,5)8(9,10)11/h6H2,1-5H3. The molecule has 0 radical (unpaired) electrons. The molecule has 0 saturated carbocycles. The number of hydrogen-bond donors (Lipinski definition) is 0. The predicted octanol–water partition coefficient (Wildman–Crippen LogP) is 3.84. The fourth-order valence-corrected chi connectivity index (χ4v) is 4.28. The second kappa shape index (κ2) is 3.05. The molecular weight excluding hydrogens is 181 g/mol. The highest BCUT2D eigenvalue weighted by molar-refractivity contribution is 6.79. The van der Waals surface area contributed by atoms with Crippen LogP contribution in [0.3, 0.4) is 0 Å². The zero-order chi connectivity index (χ0) is 10.2. The van der Waals surface area contributed by atoms with Crippen molar-refractivity contribution in [2.75, 3.05) is 0 Å². The quantitative estimate of drug-likeness (QED) is 0.561. The molecule has 0 N–H and O–H groups in total. The van der Waals surface area contributed by atoms with Crippen LogP contribution < -0.4 is 0 Å². The van der Waals surface area contributed by atoms with Gasteiger partial charge in [0, 0.05) is 0 Å². The second-order valence-corrected chi connectivity index (χ2v) is 9.81. The second-order valence-electron chi connectivity index (χ2n) is 5.12. The van der Waals surface area contributed by atoms with Gasteiger partial charge in [-0.25, -0.2) is 0 Å². The van der Waals surface area contributed by atoms with E-state index in [0.29, 0.717) is 6.04 Å². The van der Waals surface area contributed by atoms with Crippen LogP contribution >= 0.6 is 0 Å². The number of hydrogen-bond acceptors (Lipinski definition) is 0. The van der Waals surface area contributed by atoms with Crippen molar-refractivity contribution in [1.29, 1.82) is 0 Å². The maximum absolute atomic E-state index is 12.4. The Labute approximate surface area is 73.2 Å². The molecule has 0 aromatic heterocycles. The lowest BCUT2D eigenvalue weighted by atomic mass is 10.0. The summed E-state index contributed by atoms with van der Waals surface area (Å²) in [5.74, 6) is -3.96. The van der Waals surface area contributed by atoms with Gasteiger partial charge in [-0.15, -0.1) is 0 Å². The van der Waals surface area contributed by atoms with E-state index in [1.807, 2.05) is 20.8 Å². The minimum absolute atomic E-state index is 0.217. The number of halogens is 3. The normalized spacial score (nSPS) is 15.0. The third-order valence-electron chi connectivity index (χ3n) is 1.74. The van der Waals surface area contributed by atoms with Crippen molar-refractivity contribution in [1.82, 2.24) is 0 Å². The van der Waals surface area contributed by atoms with E-state index >= 15 is 0 Å². The van der Waals surface area contributed by atoms with Gasteiger partial charge in [0.15, 0.2) is 8.07 Å². The van der Waals surface area contributed by atoms with Gasteiger partial charge in [0.25, 0.3) is 0 Å². The fraction of sp³-hybridized carbons (Fsp3) is 1.00. The topological polar surface area (TPSA) is 0 Å². The van der Waals surface area contributed by atoms with E-state index in [4.69, 9.17) is 0 Å². The molecule has 0 aliphatic heterocycles. The van der Waals surface area contributed by atoms with Crippen LogP contribution in [0.5, 0.6) is 0 Å².